The van der Waals surface area contributed by atoms with E-state index in [9.17, 15) is 0 Å². The summed E-state index contributed by atoms with van der Waals surface area (Å²) in [5.41, 5.74) is 1.31. The molecule has 0 aliphatic carbocycles. The van der Waals surface area contributed by atoms with Crippen LogP contribution in [0.5, 0.6) is 0 Å². The first kappa shape index (κ1) is 18.0. The van der Waals surface area contributed by atoms with Crippen LogP contribution in [0.25, 0.3) is 0 Å². The maximum Gasteiger partial charge on any atom is 0.169 e. The molecule has 0 aromatic rings. The maximum atomic E-state index is 5.84. The van der Waals surface area contributed by atoms with Gasteiger partial charge in [-0.15, -0.1) is 0 Å². The van der Waals surface area contributed by atoms with E-state index < -0.39 is 0 Å². The molecule has 0 spiro atoms. The first-order chi connectivity index (χ1) is 8.97. The van der Waals surface area contributed by atoms with Gasteiger partial charge in [-0.25, -0.2) is 0 Å². The molecule has 0 saturated heterocycles. The van der Waals surface area contributed by atoms with Gasteiger partial charge in [-0.2, -0.15) is 0 Å². The summed E-state index contributed by atoms with van der Waals surface area (Å²) >= 11 is 0. The van der Waals surface area contributed by atoms with Crippen molar-refractivity contribution in [2.24, 2.45) is 5.92 Å². The minimum Gasteiger partial charge on any atom is -0.475 e. The molecule has 1 unspecified atom stereocenters. The van der Waals surface area contributed by atoms with E-state index in [0.29, 0.717) is 5.92 Å². The van der Waals surface area contributed by atoms with Crippen LogP contribution in [-0.4, -0.2) is 31.8 Å². The first-order valence-electron chi connectivity index (χ1n) is 7.42. The van der Waals surface area contributed by atoms with Crippen LogP contribution in [0.15, 0.2) is 23.6 Å². The highest BCUT2D eigenvalue weighted by Crippen LogP contribution is 2.16. The number of hydrogen-bond acceptors (Lipinski definition) is 3. The van der Waals surface area contributed by atoms with Gasteiger partial charge in [0.15, 0.2) is 6.23 Å². The highest BCUT2D eigenvalue weighted by Gasteiger charge is 2.13. The third kappa shape index (κ3) is 8.71. The van der Waals surface area contributed by atoms with Crippen molar-refractivity contribution in [3.8, 4) is 0 Å². The SMILES string of the molecule is CC.CC1=CC(CCN(C)C)=CNC(CC(C)C)O1. The smallest absolute Gasteiger partial charge is 0.169 e. The zero-order chi connectivity index (χ0) is 14.8. The molecule has 0 aromatic heterocycles. The molecule has 112 valence electrons. The fourth-order valence-electron chi connectivity index (χ4n) is 1.84. The van der Waals surface area contributed by atoms with Crippen LogP contribution in [-0.2, 0) is 4.74 Å². The molecule has 0 amide bonds. The summed E-state index contributed by atoms with van der Waals surface area (Å²) in [4.78, 5) is 2.20. The Balaban J connectivity index is 0.00000154. The molecule has 19 heavy (non-hydrogen) atoms. The monoisotopic (exact) mass is 268 g/mol. The predicted octanol–water partition coefficient (Wildman–Crippen LogP) is 3.74. The number of rotatable bonds is 5. The summed E-state index contributed by atoms with van der Waals surface area (Å²) in [6.45, 7) is 11.5. The molecule has 3 nitrogen and oxygen atoms in total. The van der Waals surface area contributed by atoms with Crippen molar-refractivity contribution in [1.29, 1.82) is 0 Å². The van der Waals surface area contributed by atoms with Crippen LogP contribution in [0.1, 0.15) is 47.5 Å². The van der Waals surface area contributed by atoms with Gasteiger partial charge in [-0.05, 0) is 45.0 Å². The predicted molar refractivity (Wildman–Crippen MR) is 83.8 cm³/mol. The number of hydrogen-bond donors (Lipinski definition) is 1. The summed E-state index contributed by atoms with van der Waals surface area (Å²) in [5.74, 6) is 1.64. The van der Waals surface area contributed by atoms with Crippen molar-refractivity contribution in [1.82, 2.24) is 10.2 Å². The van der Waals surface area contributed by atoms with Crippen LogP contribution < -0.4 is 5.32 Å². The Morgan fingerprint density at radius 3 is 2.47 bits per heavy atom. The molecule has 1 aliphatic rings. The van der Waals surface area contributed by atoms with Gasteiger partial charge in [-0.3, -0.25) is 0 Å². The summed E-state index contributed by atoms with van der Waals surface area (Å²) in [6, 6.07) is 0. The highest BCUT2D eigenvalue weighted by molar-refractivity contribution is 5.21. The van der Waals surface area contributed by atoms with Crippen molar-refractivity contribution in [3.63, 3.8) is 0 Å². The highest BCUT2D eigenvalue weighted by atomic mass is 16.5. The second kappa shape index (κ2) is 9.90. The van der Waals surface area contributed by atoms with E-state index in [1.807, 2.05) is 20.8 Å². The third-order valence-electron chi connectivity index (χ3n) is 2.70. The van der Waals surface area contributed by atoms with Gasteiger partial charge in [0, 0.05) is 19.2 Å². The lowest BCUT2D eigenvalue weighted by Crippen LogP contribution is -2.28. The van der Waals surface area contributed by atoms with Gasteiger partial charge in [0.1, 0.15) is 0 Å². The zero-order valence-corrected chi connectivity index (χ0v) is 13.8. The number of nitrogens with zero attached hydrogens (tertiary/aromatic N) is 1. The Labute approximate surface area is 119 Å². The summed E-state index contributed by atoms with van der Waals surface area (Å²) in [5, 5.41) is 3.36. The van der Waals surface area contributed by atoms with Crippen molar-refractivity contribution in [2.75, 3.05) is 20.6 Å². The third-order valence-corrected chi connectivity index (χ3v) is 2.70. The van der Waals surface area contributed by atoms with Crippen molar-refractivity contribution in [2.45, 2.75) is 53.7 Å². The minimum atomic E-state index is 0.114. The zero-order valence-electron chi connectivity index (χ0n) is 13.8. The van der Waals surface area contributed by atoms with Gasteiger partial charge >= 0.3 is 0 Å². The summed E-state index contributed by atoms with van der Waals surface area (Å²) in [6.07, 6.45) is 6.44. The van der Waals surface area contributed by atoms with Gasteiger partial charge in [0.05, 0.1) is 5.76 Å². The van der Waals surface area contributed by atoms with E-state index in [0.717, 1.165) is 25.1 Å². The average molecular weight is 268 g/mol. The molecule has 0 radical (unpaired) electrons. The van der Waals surface area contributed by atoms with E-state index in [4.69, 9.17) is 4.74 Å². The fourth-order valence-corrected chi connectivity index (χ4v) is 1.84. The molecule has 1 atom stereocenters. The molecule has 0 fully saturated rings. The molecule has 0 aromatic carbocycles. The quantitative estimate of drug-likeness (QED) is 0.822. The van der Waals surface area contributed by atoms with Crippen LogP contribution in [0.2, 0.25) is 0 Å². The molecule has 0 saturated carbocycles. The lowest BCUT2D eigenvalue weighted by Gasteiger charge is -2.19. The van der Waals surface area contributed by atoms with Crippen molar-refractivity contribution >= 4 is 0 Å². The Hall–Kier alpha value is -0.960. The largest absolute Gasteiger partial charge is 0.475 e. The van der Waals surface area contributed by atoms with Gasteiger partial charge < -0.3 is 15.0 Å². The lowest BCUT2D eigenvalue weighted by molar-refractivity contribution is 0.0831. The Kier molecular flexibility index (Phi) is 9.40. The average Bonchev–Trinajstić information content (AvgIpc) is 2.50. The number of ether oxygens (including phenoxy) is 1. The normalized spacial score (nSPS) is 18.7. The van der Waals surface area contributed by atoms with Gasteiger partial charge in [0.2, 0.25) is 0 Å². The fraction of sp³-hybridized carbons (Fsp3) is 0.750. The van der Waals surface area contributed by atoms with Crippen LogP contribution in [0, 0.1) is 5.92 Å². The Morgan fingerprint density at radius 2 is 1.95 bits per heavy atom. The van der Waals surface area contributed by atoms with Crippen molar-refractivity contribution < 1.29 is 4.74 Å². The molecular weight excluding hydrogens is 236 g/mol. The molecule has 1 N–H and O–H groups in total. The molecule has 1 heterocycles. The first-order valence-corrected chi connectivity index (χ1v) is 7.42. The van der Waals surface area contributed by atoms with E-state index in [-0.39, 0.29) is 6.23 Å². The summed E-state index contributed by atoms with van der Waals surface area (Å²) in [7, 11) is 4.19. The van der Waals surface area contributed by atoms with Crippen molar-refractivity contribution in [3.05, 3.63) is 23.6 Å². The topological polar surface area (TPSA) is 24.5 Å². The van der Waals surface area contributed by atoms with E-state index >= 15 is 0 Å². The lowest BCUT2D eigenvalue weighted by atomic mass is 10.1. The molecule has 1 rings (SSSR count). The standard InChI is InChI=1S/C14H26N2O.C2H6/c1-11(2)8-14-15-10-13(6-7-16(4)5)9-12(3)17-14;1-2/h9-11,14-15H,6-8H2,1-5H3;1-2H3. The molecule has 1 aliphatic heterocycles. The Morgan fingerprint density at radius 1 is 1.32 bits per heavy atom. The number of nitrogens with one attached hydrogen (secondary N) is 1. The minimum absolute atomic E-state index is 0.114. The van der Waals surface area contributed by atoms with E-state index in [2.05, 4.69) is 50.4 Å². The second-order valence-corrected chi connectivity index (χ2v) is 5.43. The summed E-state index contributed by atoms with van der Waals surface area (Å²) < 4.78 is 5.84. The number of allylic oxidation sites excluding steroid dienone is 2. The molecule has 0 bridgehead atoms. The Bertz CT molecular complexity index is 293. The van der Waals surface area contributed by atoms with E-state index in [1.165, 1.54) is 5.57 Å². The second-order valence-electron chi connectivity index (χ2n) is 5.43. The van der Waals surface area contributed by atoms with Crippen LogP contribution in [0.3, 0.4) is 0 Å². The maximum absolute atomic E-state index is 5.84. The van der Waals surface area contributed by atoms with Crippen LogP contribution >= 0.6 is 0 Å². The van der Waals surface area contributed by atoms with E-state index in [1.54, 1.807) is 0 Å². The molecular formula is C16H32N2O. The van der Waals surface area contributed by atoms with Crippen LogP contribution in [0.4, 0.5) is 0 Å². The van der Waals surface area contributed by atoms with Gasteiger partial charge in [-0.1, -0.05) is 27.7 Å². The van der Waals surface area contributed by atoms with Gasteiger partial charge in [0.25, 0.3) is 0 Å². The molecule has 3 heteroatoms.